The van der Waals surface area contributed by atoms with Gasteiger partial charge < -0.3 is 5.73 Å². The normalized spacial score (nSPS) is 11.7. The summed E-state index contributed by atoms with van der Waals surface area (Å²) in [7, 11) is -3.75. The molecule has 3 N–H and O–H groups in total. The summed E-state index contributed by atoms with van der Waals surface area (Å²) >= 11 is 4.73. The van der Waals surface area contributed by atoms with Gasteiger partial charge in [-0.05, 0) is 45.6 Å². The van der Waals surface area contributed by atoms with Crippen LogP contribution in [0, 0.1) is 5.82 Å². The van der Waals surface area contributed by atoms with Crippen LogP contribution in [-0.4, -0.2) is 8.42 Å². The highest BCUT2D eigenvalue weighted by molar-refractivity contribution is 9.10. The smallest absolute Gasteiger partial charge is 0.241 e. The number of rotatable bonds is 4. The van der Waals surface area contributed by atoms with E-state index < -0.39 is 15.8 Å². The average Bonchev–Trinajstić information content (AvgIpc) is 2.76. The average molecular weight is 365 g/mol. The number of hydrogen-bond donors (Lipinski definition) is 2. The molecule has 0 unspecified atom stereocenters. The minimum Gasteiger partial charge on any atom is -0.396 e. The van der Waals surface area contributed by atoms with Crippen molar-refractivity contribution >= 4 is 43.0 Å². The van der Waals surface area contributed by atoms with Gasteiger partial charge in [0.05, 0.1) is 10.6 Å². The molecule has 102 valence electrons. The Balaban J connectivity index is 2.18. The molecule has 1 heterocycles. The number of thiophene rings is 1. The first-order valence-corrected chi connectivity index (χ1v) is 8.32. The summed E-state index contributed by atoms with van der Waals surface area (Å²) in [5, 5.41) is 1.84. The highest BCUT2D eigenvalue weighted by Gasteiger charge is 2.16. The van der Waals surface area contributed by atoms with E-state index in [1.54, 1.807) is 0 Å². The number of halogens is 2. The van der Waals surface area contributed by atoms with Gasteiger partial charge in [-0.1, -0.05) is 0 Å². The zero-order valence-electron chi connectivity index (χ0n) is 9.56. The summed E-state index contributed by atoms with van der Waals surface area (Å²) in [5.41, 5.74) is 5.22. The molecule has 19 heavy (non-hydrogen) atoms. The molecular formula is C11H10BrFN2O2S2. The van der Waals surface area contributed by atoms with Gasteiger partial charge in [-0.2, -0.15) is 0 Å². The van der Waals surface area contributed by atoms with Crippen LogP contribution >= 0.6 is 27.3 Å². The topological polar surface area (TPSA) is 72.2 Å². The molecule has 0 aliphatic rings. The van der Waals surface area contributed by atoms with Gasteiger partial charge in [0.15, 0.2) is 0 Å². The maximum absolute atomic E-state index is 13.3. The van der Waals surface area contributed by atoms with E-state index in [1.165, 1.54) is 23.5 Å². The summed E-state index contributed by atoms with van der Waals surface area (Å²) in [6, 6.07) is 5.23. The lowest BCUT2D eigenvalue weighted by molar-refractivity contribution is 0.578. The molecule has 2 rings (SSSR count). The van der Waals surface area contributed by atoms with E-state index in [9.17, 15) is 12.8 Å². The lowest BCUT2D eigenvalue weighted by Crippen LogP contribution is -2.23. The van der Waals surface area contributed by atoms with Gasteiger partial charge in [-0.15, -0.1) is 11.3 Å². The Hall–Kier alpha value is -0.960. The van der Waals surface area contributed by atoms with Crippen LogP contribution in [0.4, 0.5) is 10.1 Å². The Kier molecular flexibility index (Phi) is 4.24. The van der Waals surface area contributed by atoms with Crippen molar-refractivity contribution in [2.24, 2.45) is 0 Å². The number of benzene rings is 1. The van der Waals surface area contributed by atoms with E-state index in [1.807, 2.05) is 11.4 Å². The largest absolute Gasteiger partial charge is 0.396 e. The van der Waals surface area contributed by atoms with Gasteiger partial charge in [-0.3, -0.25) is 0 Å². The first-order valence-electron chi connectivity index (χ1n) is 5.17. The highest BCUT2D eigenvalue weighted by Crippen LogP contribution is 2.23. The molecule has 0 spiro atoms. The molecule has 0 radical (unpaired) electrons. The fourth-order valence-electron chi connectivity index (χ4n) is 1.37. The van der Waals surface area contributed by atoms with Crippen LogP contribution in [0.2, 0.25) is 0 Å². The van der Waals surface area contributed by atoms with Crippen LogP contribution < -0.4 is 10.5 Å². The highest BCUT2D eigenvalue weighted by atomic mass is 79.9. The van der Waals surface area contributed by atoms with Crippen molar-refractivity contribution in [2.75, 3.05) is 5.73 Å². The van der Waals surface area contributed by atoms with Crippen LogP contribution in [0.25, 0.3) is 0 Å². The zero-order valence-corrected chi connectivity index (χ0v) is 12.8. The minimum absolute atomic E-state index is 0.0834. The van der Waals surface area contributed by atoms with Gasteiger partial charge in [0.25, 0.3) is 0 Å². The van der Waals surface area contributed by atoms with Crippen LogP contribution in [0.15, 0.2) is 39.0 Å². The number of nitrogen functional groups attached to an aromatic ring is 1. The van der Waals surface area contributed by atoms with E-state index in [0.29, 0.717) is 0 Å². The van der Waals surface area contributed by atoms with Crippen molar-refractivity contribution in [3.63, 3.8) is 0 Å². The first-order chi connectivity index (χ1) is 8.90. The third kappa shape index (κ3) is 3.33. The molecule has 1 aromatic carbocycles. The molecule has 0 bridgehead atoms. The molecule has 2 aromatic rings. The number of nitrogens with two attached hydrogens (primary N) is 1. The lowest BCUT2D eigenvalue weighted by atomic mass is 10.3. The molecule has 8 heteroatoms. The van der Waals surface area contributed by atoms with Crippen molar-refractivity contribution < 1.29 is 12.8 Å². The molecule has 0 amide bonds. The Morgan fingerprint density at radius 2 is 2.11 bits per heavy atom. The van der Waals surface area contributed by atoms with Gasteiger partial charge in [0.2, 0.25) is 10.0 Å². The Morgan fingerprint density at radius 3 is 2.68 bits per heavy atom. The van der Waals surface area contributed by atoms with E-state index >= 15 is 0 Å². The molecule has 0 saturated carbocycles. The van der Waals surface area contributed by atoms with Gasteiger partial charge in [0, 0.05) is 15.9 Å². The number of nitrogens with one attached hydrogen (secondary N) is 1. The standard InChI is InChI=1S/C11H10BrFN2O2S2/c12-8-3-4-18-11(8)6-15-19(16,17)7-1-2-10(14)9(13)5-7/h1-5,15H,6,14H2. The van der Waals surface area contributed by atoms with Crippen LogP contribution in [0.3, 0.4) is 0 Å². The molecule has 0 aliphatic heterocycles. The molecule has 4 nitrogen and oxygen atoms in total. The predicted octanol–water partition coefficient (Wildman–Crippen LogP) is 2.71. The van der Waals surface area contributed by atoms with Gasteiger partial charge in [0.1, 0.15) is 5.82 Å². The van der Waals surface area contributed by atoms with Gasteiger partial charge in [-0.25, -0.2) is 17.5 Å². The molecule has 0 atom stereocenters. The monoisotopic (exact) mass is 364 g/mol. The fraction of sp³-hybridized carbons (Fsp3) is 0.0909. The molecule has 0 fully saturated rings. The lowest BCUT2D eigenvalue weighted by Gasteiger charge is -2.07. The van der Waals surface area contributed by atoms with Crippen molar-refractivity contribution in [3.8, 4) is 0 Å². The predicted molar refractivity (Wildman–Crippen MR) is 76.9 cm³/mol. The SMILES string of the molecule is Nc1ccc(S(=O)(=O)NCc2sccc2Br)cc1F. The molecule has 0 saturated heterocycles. The summed E-state index contributed by atoms with van der Waals surface area (Å²) in [4.78, 5) is 0.700. The minimum atomic E-state index is -3.75. The Bertz CT molecular complexity index is 700. The fourth-order valence-corrected chi connectivity index (χ4v) is 3.90. The van der Waals surface area contributed by atoms with Gasteiger partial charge >= 0.3 is 0 Å². The molecular weight excluding hydrogens is 355 g/mol. The second-order valence-electron chi connectivity index (χ2n) is 3.70. The summed E-state index contributed by atoms with van der Waals surface area (Å²) < 4.78 is 40.5. The van der Waals surface area contributed by atoms with E-state index in [0.717, 1.165) is 15.4 Å². The third-order valence-electron chi connectivity index (χ3n) is 2.40. The maximum Gasteiger partial charge on any atom is 0.241 e. The van der Waals surface area contributed by atoms with Crippen molar-refractivity contribution in [3.05, 3.63) is 44.8 Å². The van der Waals surface area contributed by atoms with E-state index in [4.69, 9.17) is 5.73 Å². The van der Waals surface area contributed by atoms with Crippen LogP contribution in [-0.2, 0) is 16.6 Å². The number of anilines is 1. The van der Waals surface area contributed by atoms with Crippen molar-refractivity contribution in [1.29, 1.82) is 0 Å². The van der Waals surface area contributed by atoms with Crippen LogP contribution in [0.5, 0.6) is 0 Å². The molecule has 1 aromatic heterocycles. The van der Waals surface area contributed by atoms with Crippen molar-refractivity contribution in [1.82, 2.24) is 4.72 Å². The maximum atomic E-state index is 13.3. The number of hydrogen-bond acceptors (Lipinski definition) is 4. The third-order valence-corrected chi connectivity index (χ3v) is 5.72. The summed E-state index contributed by atoms with van der Waals surface area (Å²) in [6.07, 6.45) is 0. The van der Waals surface area contributed by atoms with Crippen LogP contribution in [0.1, 0.15) is 4.88 Å². The summed E-state index contributed by atoms with van der Waals surface area (Å²) in [5.74, 6) is -0.750. The quantitative estimate of drug-likeness (QED) is 0.819. The Labute approximate surface area is 122 Å². The van der Waals surface area contributed by atoms with Crippen molar-refractivity contribution in [2.45, 2.75) is 11.4 Å². The first kappa shape index (κ1) is 14.4. The second kappa shape index (κ2) is 5.58. The molecule has 0 aliphatic carbocycles. The van der Waals surface area contributed by atoms with E-state index in [2.05, 4.69) is 20.7 Å². The Morgan fingerprint density at radius 1 is 1.37 bits per heavy atom. The summed E-state index contributed by atoms with van der Waals surface area (Å²) in [6.45, 7) is 0.145. The number of sulfonamides is 1. The second-order valence-corrected chi connectivity index (χ2v) is 7.32. The van der Waals surface area contributed by atoms with E-state index in [-0.39, 0.29) is 17.1 Å². The zero-order chi connectivity index (χ0) is 14.0.